The van der Waals surface area contributed by atoms with Crippen LogP contribution in [0.4, 0.5) is 11.4 Å². The Hall–Kier alpha value is -3.49. The molecule has 0 aliphatic rings. The van der Waals surface area contributed by atoms with Gasteiger partial charge in [0.25, 0.3) is 11.6 Å². The number of carbonyl (C=O) groups is 2. The third-order valence-electron chi connectivity index (χ3n) is 3.11. The molecule has 1 amide bonds. The van der Waals surface area contributed by atoms with E-state index in [9.17, 15) is 19.7 Å². The number of rotatable bonds is 6. The minimum Gasteiger partial charge on any atom is -0.495 e. The number of nitrogens with one attached hydrogen (secondary N) is 1. The van der Waals surface area contributed by atoms with Crippen LogP contribution in [0.1, 0.15) is 27.9 Å². The molecule has 130 valence electrons. The summed E-state index contributed by atoms with van der Waals surface area (Å²) in [6, 6.07) is 8.11. The van der Waals surface area contributed by atoms with Crippen LogP contribution in [-0.2, 0) is 4.74 Å². The minimum absolute atomic E-state index is 0.0134. The second kappa shape index (κ2) is 7.86. The number of nitro benzene ring substituents is 1. The number of hydrogen-bond acceptors (Lipinski definition) is 7. The maximum atomic E-state index is 12.3. The number of anilines is 1. The molecule has 2 rings (SSSR count). The predicted octanol–water partition coefficient (Wildman–Crippen LogP) is 2.43. The van der Waals surface area contributed by atoms with E-state index in [0.29, 0.717) is 0 Å². The average molecular weight is 345 g/mol. The third kappa shape index (κ3) is 4.28. The van der Waals surface area contributed by atoms with Gasteiger partial charge in [-0.3, -0.25) is 14.9 Å². The quantitative estimate of drug-likeness (QED) is 0.485. The molecule has 1 heterocycles. The number of methoxy groups -OCH3 is 1. The number of nitrogens with zero attached hydrogens (tertiary/aromatic N) is 2. The molecule has 0 aliphatic carbocycles. The van der Waals surface area contributed by atoms with Crippen LogP contribution in [0.15, 0.2) is 36.4 Å². The molecule has 0 spiro atoms. The Bertz CT molecular complexity index is 821. The standard InChI is InChI=1S/C16H15N3O6/c1-3-25-16(21)12-6-4-5-11(17-12)15(20)18-13-9-10(19(22)23)7-8-14(13)24-2/h4-9H,3H2,1-2H3,(H,18,20). The molecule has 0 aliphatic heterocycles. The van der Waals surface area contributed by atoms with E-state index in [-0.39, 0.29) is 35.1 Å². The molecule has 25 heavy (non-hydrogen) atoms. The topological polar surface area (TPSA) is 121 Å². The summed E-state index contributed by atoms with van der Waals surface area (Å²) in [7, 11) is 1.37. The molecule has 0 unspecified atom stereocenters. The molecule has 2 aromatic rings. The van der Waals surface area contributed by atoms with Gasteiger partial charge in [-0.1, -0.05) is 6.07 Å². The van der Waals surface area contributed by atoms with Crippen molar-refractivity contribution in [1.29, 1.82) is 0 Å². The van der Waals surface area contributed by atoms with Gasteiger partial charge < -0.3 is 14.8 Å². The highest BCUT2D eigenvalue weighted by molar-refractivity contribution is 6.04. The van der Waals surface area contributed by atoms with E-state index in [1.54, 1.807) is 6.92 Å². The molecule has 1 aromatic heterocycles. The Morgan fingerprint density at radius 1 is 1.24 bits per heavy atom. The molecule has 1 N–H and O–H groups in total. The molecule has 0 saturated carbocycles. The van der Waals surface area contributed by atoms with Crippen LogP contribution in [0.5, 0.6) is 5.75 Å². The number of non-ortho nitro benzene ring substituents is 1. The van der Waals surface area contributed by atoms with Crippen LogP contribution < -0.4 is 10.1 Å². The summed E-state index contributed by atoms with van der Waals surface area (Å²) in [5, 5.41) is 13.4. The first-order valence-electron chi connectivity index (χ1n) is 7.24. The molecule has 0 radical (unpaired) electrons. The van der Waals surface area contributed by atoms with E-state index < -0.39 is 16.8 Å². The van der Waals surface area contributed by atoms with Gasteiger partial charge in [0.05, 0.1) is 24.3 Å². The lowest BCUT2D eigenvalue weighted by molar-refractivity contribution is -0.384. The van der Waals surface area contributed by atoms with Crippen molar-refractivity contribution in [1.82, 2.24) is 4.98 Å². The van der Waals surface area contributed by atoms with Crippen LogP contribution >= 0.6 is 0 Å². The van der Waals surface area contributed by atoms with Crippen LogP contribution in [0.25, 0.3) is 0 Å². The van der Waals surface area contributed by atoms with Gasteiger partial charge in [0.15, 0.2) is 0 Å². The number of aromatic nitrogens is 1. The van der Waals surface area contributed by atoms with Crippen molar-refractivity contribution in [3.63, 3.8) is 0 Å². The largest absolute Gasteiger partial charge is 0.495 e. The van der Waals surface area contributed by atoms with Crippen LogP contribution in [0.3, 0.4) is 0 Å². The van der Waals surface area contributed by atoms with E-state index in [1.807, 2.05) is 0 Å². The zero-order valence-electron chi connectivity index (χ0n) is 13.5. The van der Waals surface area contributed by atoms with Crippen molar-refractivity contribution < 1.29 is 24.0 Å². The normalized spacial score (nSPS) is 10.0. The highest BCUT2D eigenvalue weighted by Crippen LogP contribution is 2.29. The fraction of sp³-hybridized carbons (Fsp3) is 0.188. The lowest BCUT2D eigenvalue weighted by atomic mass is 10.2. The Morgan fingerprint density at radius 2 is 1.96 bits per heavy atom. The van der Waals surface area contributed by atoms with Gasteiger partial charge >= 0.3 is 5.97 Å². The van der Waals surface area contributed by atoms with Crippen molar-refractivity contribution in [3.8, 4) is 5.75 Å². The highest BCUT2D eigenvalue weighted by atomic mass is 16.6. The third-order valence-corrected chi connectivity index (χ3v) is 3.11. The molecule has 0 fully saturated rings. The first kappa shape index (κ1) is 17.9. The maximum Gasteiger partial charge on any atom is 0.356 e. The molecule has 9 heteroatoms. The van der Waals surface area contributed by atoms with E-state index >= 15 is 0 Å². The summed E-state index contributed by atoms with van der Waals surface area (Å²) in [4.78, 5) is 38.3. The number of nitro groups is 1. The van der Waals surface area contributed by atoms with Gasteiger partial charge in [-0.15, -0.1) is 0 Å². The fourth-order valence-corrected chi connectivity index (χ4v) is 1.97. The Labute approximate surface area is 142 Å². The van der Waals surface area contributed by atoms with Gasteiger partial charge in [-0.25, -0.2) is 9.78 Å². The molecule has 9 nitrogen and oxygen atoms in total. The Balaban J connectivity index is 2.28. The van der Waals surface area contributed by atoms with E-state index in [0.717, 1.165) is 0 Å². The van der Waals surface area contributed by atoms with E-state index in [2.05, 4.69) is 10.3 Å². The van der Waals surface area contributed by atoms with Gasteiger partial charge in [0, 0.05) is 12.1 Å². The van der Waals surface area contributed by atoms with Gasteiger partial charge in [0.2, 0.25) is 0 Å². The van der Waals surface area contributed by atoms with Gasteiger partial charge in [0.1, 0.15) is 17.1 Å². The first-order valence-corrected chi connectivity index (χ1v) is 7.24. The summed E-state index contributed by atoms with van der Waals surface area (Å²) in [5.74, 6) is -1.05. The second-order valence-corrected chi connectivity index (χ2v) is 4.72. The Morgan fingerprint density at radius 3 is 2.60 bits per heavy atom. The van der Waals surface area contributed by atoms with Crippen molar-refractivity contribution in [2.75, 3.05) is 19.0 Å². The van der Waals surface area contributed by atoms with Gasteiger partial charge in [-0.2, -0.15) is 0 Å². The molecular formula is C16H15N3O6. The maximum absolute atomic E-state index is 12.3. The van der Waals surface area contributed by atoms with Gasteiger partial charge in [-0.05, 0) is 25.1 Å². The monoisotopic (exact) mass is 345 g/mol. The lowest BCUT2D eigenvalue weighted by Crippen LogP contribution is -2.17. The molecule has 0 bridgehead atoms. The molecular weight excluding hydrogens is 330 g/mol. The van der Waals surface area contributed by atoms with Crippen LogP contribution in [-0.4, -0.2) is 35.5 Å². The van der Waals surface area contributed by atoms with Crippen LogP contribution in [0.2, 0.25) is 0 Å². The number of amides is 1. The van der Waals surface area contributed by atoms with E-state index in [4.69, 9.17) is 9.47 Å². The highest BCUT2D eigenvalue weighted by Gasteiger charge is 2.17. The number of carbonyl (C=O) groups excluding carboxylic acids is 2. The lowest BCUT2D eigenvalue weighted by Gasteiger charge is -2.10. The molecule has 0 atom stereocenters. The first-order chi connectivity index (χ1) is 12.0. The second-order valence-electron chi connectivity index (χ2n) is 4.72. The van der Waals surface area contributed by atoms with Crippen molar-refractivity contribution in [3.05, 3.63) is 57.9 Å². The smallest absolute Gasteiger partial charge is 0.356 e. The van der Waals surface area contributed by atoms with Crippen molar-refractivity contribution >= 4 is 23.3 Å². The van der Waals surface area contributed by atoms with Crippen molar-refractivity contribution in [2.24, 2.45) is 0 Å². The summed E-state index contributed by atoms with van der Waals surface area (Å²) in [6.07, 6.45) is 0. The zero-order chi connectivity index (χ0) is 18.4. The minimum atomic E-state index is -0.648. The fourth-order valence-electron chi connectivity index (χ4n) is 1.97. The number of ether oxygens (including phenoxy) is 2. The predicted molar refractivity (Wildman–Crippen MR) is 87.8 cm³/mol. The van der Waals surface area contributed by atoms with Crippen molar-refractivity contribution in [2.45, 2.75) is 6.92 Å². The average Bonchev–Trinajstić information content (AvgIpc) is 2.61. The SMILES string of the molecule is CCOC(=O)c1cccc(C(=O)Nc2cc([N+](=O)[O-])ccc2OC)n1. The number of esters is 1. The zero-order valence-corrected chi connectivity index (χ0v) is 13.5. The summed E-state index contributed by atoms with van der Waals surface area (Å²) < 4.78 is 9.91. The summed E-state index contributed by atoms with van der Waals surface area (Å²) in [5.41, 5.74) is -0.144. The summed E-state index contributed by atoms with van der Waals surface area (Å²) >= 11 is 0. The van der Waals surface area contributed by atoms with E-state index in [1.165, 1.54) is 43.5 Å². The Kier molecular flexibility index (Phi) is 5.62. The molecule has 0 saturated heterocycles. The number of pyridine rings is 1. The van der Waals surface area contributed by atoms with Crippen LogP contribution in [0, 0.1) is 10.1 Å². The summed E-state index contributed by atoms with van der Waals surface area (Å²) in [6.45, 7) is 1.84. The number of benzene rings is 1. The number of hydrogen-bond donors (Lipinski definition) is 1. The molecule has 1 aromatic carbocycles.